The Bertz CT molecular complexity index is 2320. The molecule has 7 aromatic rings. The lowest BCUT2D eigenvalue weighted by Gasteiger charge is -2.45. The SMILES string of the molecule is C[Si](C)(C)C1CCc2ccccc2N1c1ccc2c(-c3ccccc3)c3cc(N4c5ccccc5CCC4[Si](C)(C)C)ccc3c(-c3ccccc3)c2c1. The number of fused-ring (bicyclic) bond motifs is 4. The molecular weight excluding hydrogens is 685 g/mol. The van der Waals surface area contributed by atoms with Crippen molar-refractivity contribution in [3.8, 4) is 22.3 Å². The van der Waals surface area contributed by atoms with E-state index < -0.39 is 16.1 Å². The van der Waals surface area contributed by atoms with Crippen molar-refractivity contribution in [1.29, 1.82) is 0 Å². The van der Waals surface area contributed by atoms with E-state index in [9.17, 15) is 0 Å². The van der Waals surface area contributed by atoms with E-state index in [0.29, 0.717) is 11.3 Å². The summed E-state index contributed by atoms with van der Waals surface area (Å²) in [5, 5.41) is 5.25. The summed E-state index contributed by atoms with van der Waals surface area (Å²) in [5.41, 5.74) is 14.5. The van der Waals surface area contributed by atoms with E-state index in [-0.39, 0.29) is 0 Å². The van der Waals surface area contributed by atoms with Gasteiger partial charge in [0.15, 0.2) is 0 Å². The van der Waals surface area contributed by atoms with E-state index in [1.54, 1.807) is 0 Å². The molecule has 2 unspecified atom stereocenters. The van der Waals surface area contributed by atoms with E-state index >= 15 is 0 Å². The highest BCUT2D eigenvalue weighted by Crippen LogP contribution is 2.49. The number of rotatable bonds is 6. The minimum atomic E-state index is -1.57. The second-order valence-electron chi connectivity index (χ2n) is 17.8. The number of aryl methyl sites for hydroxylation is 2. The topological polar surface area (TPSA) is 6.48 Å². The zero-order valence-corrected chi connectivity index (χ0v) is 34.7. The molecule has 0 N–H and O–H groups in total. The molecule has 0 amide bonds. The summed E-state index contributed by atoms with van der Waals surface area (Å²) in [6.45, 7) is 15.3. The monoisotopic (exact) mass is 736 g/mol. The molecule has 0 aromatic heterocycles. The van der Waals surface area contributed by atoms with Gasteiger partial charge in [-0.25, -0.2) is 0 Å². The lowest BCUT2D eigenvalue weighted by molar-refractivity contribution is 0.693. The van der Waals surface area contributed by atoms with Crippen molar-refractivity contribution in [2.45, 2.75) is 76.3 Å². The molecule has 2 heterocycles. The Morgan fingerprint density at radius 1 is 0.407 bits per heavy atom. The first-order valence-electron chi connectivity index (χ1n) is 20.0. The first kappa shape index (κ1) is 34.8. The summed E-state index contributed by atoms with van der Waals surface area (Å²) in [7, 11) is -3.13. The lowest BCUT2D eigenvalue weighted by atomic mass is 9.85. The van der Waals surface area contributed by atoms with Gasteiger partial charge < -0.3 is 9.80 Å². The minimum absolute atomic E-state index is 0.522. The molecule has 0 aliphatic carbocycles. The fourth-order valence-electron chi connectivity index (χ4n) is 9.71. The Morgan fingerprint density at radius 3 is 1.17 bits per heavy atom. The number of benzene rings is 7. The second kappa shape index (κ2) is 13.4. The third-order valence-electron chi connectivity index (χ3n) is 12.3. The predicted molar refractivity (Wildman–Crippen MR) is 240 cm³/mol. The van der Waals surface area contributed by atoms with Gasteiger partial charge >= 0.3 is 0 Å². The average molecular weight is 737 g/mol. The van der Waals surface area contributed by atoms with Gasteiger partial charge in [-0.3, -0.25) is 0 Å². The van der Waals surface area contributed by atoms with Crippen molar-refractivity contribution in [1.82, 2.24) is 0 Å². The highest BCUT2D eigenvalue weighted by Gasteiger charge is 2.38. The van der Waals surface area contributed by atoms with Crippen molar-refractivity contribution in [2.75, 3.05) is 9.80 Å². The second-order valence-corrected chi connectivity index (χ2v) is 28.6. The molecule has 0 fully saturated rings. The van der Waals surface area contributed by atoms with Gasteiger partial charge in [0.05, 0.1) is 16.1 Å². The van der Waals surface area contributed by atoms with Gasteiger partial charge in [0.2, 0.25) is 0 Å². The molecule has 0 saturated carbocycles. The highest BCUT2D eigenvalue weighted by atomic mass is 28.3. The van der Waals surface area contributed by atoms with Crippen LogP contribution in [-0.4, -0.2) is 27.5 Å². The van der Waals surface area contributed by atoms with Crippen molar-refractivity contribution < 1.29 is 0 Å². The fourth-order valence-corrected chi connectivity index (χ4v) is 13.9. The smallest absolute Gasteiger partial charge is 0.0710 e. The Labute approximate surface area is 324 Å². The van der Waals surface area contributed by atoms with Crippen LogP contribution in [0.2, 0.25) is 39.3 Å². The molecule has 2 nitrogen and oxygen atoms in total. The van der Waals surface area contributed by atoms with Crippen LogP contribution in [0.5, 0.6) is 0 Å². The number of anilines is 4. The van der Waals surface area contributed by atoms with E-state index in [1.807, 2.05) is 0 Å². The Balaban J connectivity index is 1.36. The van der Waals surface area contributed by atoms with Gasteiger partial charge in [-0.15, -0.1) is 0 Å². The van der Waals surface area contributed by atoms with Crippen LogP contribution in [0, 0.1) is 0 Å². The summed E-state index contributed by atoms with van der Waals surface area (Å²) < 4.78 is 0. The molecule has 7 aromatic carbocycles. The largest absolute Gasteiger partial charge is 0.341 e. The van der Waals surface area contributed by atoms with E-state index in [2.05, 4.69) is 195 Å². The molecule has 0 spiro atoms. The van der Waals surface area contributed by atoms with Gasteiger partial charge in [0.1, 0.15) is 0 Å². The van der Waals surface area contributed by atoms with Crippen LogP contribution in [0.4, 0.5) is 22.7 Å². The zero-order chi connectivity index (χ0) is 37.2. The molecule has 270 valence electrons. The molecule has 0 bridgehead atoms. The summed E-state index contributed by atoms with van der Waals surface area (Å²) in [5.74, 6) is 0. The van der Waals surface area contributed by atoms with Crippen molar-refractivity contribution in [2.24, 2.45) is 0 Å². The Hall–Kier alpha value is -4.91. The average Bonchev–Trinajstić information content (AvgIpc) is 3.18. The molecule has 0 radical (unpaired) electrons. The number of hydrogen-bond acceptors (Lipinski definition) is 2. The maximum atomic E-state index is 2.72. The van der Waals surface area contributed by atoms with Gasteiger partial charge in [-0.05, 0) is 117 Å². The van der Waals surface area contributed by atoms with E-state index in [4.69, 9.17) is 0 Å². The Morgan fingerprint density at radius 2 is 0.778 bits per heavy atom. The zero-order valence-electron chi connectivity index (χ0n) is 32.7. The van der Waals surface area contributed by atoms with Crippen molar-refractivity contribution >= 4 is 60.4 Å². The summed E-state index contributed by atoms with van der Waals surface area (Å²) in [6.07, 6.45) is 4.69. The first-order chi connectivity index (χ1) is 26.1. The molecule has 2 atom stereocenters. The first-order valence-corrected chi connectivity index (χ1v) is 27.1. The molecule has 54 heavy (non-hydrogen) atoms. The third kappa shape index (κ3) is 6.00. The van der Waals surface area contributed by atoms with Gasteiger partial charge in [0.25, 0.3) is 0 Å². The molecule has 0 saturated heterocycles. The normalized spacial score (nSPS) is 17.4. The van der Waals surface area contributed by atoms with E-state index in [1.165, 1.54) is 90.5 Å². The third-order valence-corrected chi connectivity index (χ3v) is 17.4. The predicted octanol–water partition coefficient (Wildman–Crippen LogP) is 14.0. The minimum Gasteiger partial charge on any atom is -0.341 e. The summed E-state index contributed by atoms with van der Waals surface area (Å²) in [6, 6.07) is 55.4. The number of para-hydroxylation sites is 2. The molecular formula is C50H52N2Si2. The van der Waals surface area contributed by atoms with Gasteiger partial charge in [-0.2, -0.15) is 0 Å². The van der Waals surface area contributed by atoms with Gasteiger partial charge in [0, 0.05) is 34.1 Å². The molecule has 2 aliphatic heterocycles. The quantitative estimate of drug-likeness (QED) is 0.124. The standard InChI is InChI=1S/C50H52N2Si2/c1-53(2,3)47-31-25-35-17-13-15-23-45(35)51(47)39-27-29-41-43(33-39)49(37-19-9-7-10-20-37)42-30-28-40(34-44(42)50(41)38-21-11-8-12-22-38)52-46-24-16-14-18-36(46)26-32-48(52)54(4,5)6/h7-24,27-30,33-34,47-48H,25-26,31-32H2,1-6H3. The highest BCUT2D eigenvalue weighted by molar-refractivity contribution is 6.78. The van der Waals surface area contributed by atoms with Gasteiger partial charge in [-0.1, -0.05) is 148 Å². The maximum absolute atomic E-state index is 2.72. The fraction of sp³-hybridized carbons (Fsp3) is 0.240. The molecule has 4 heteroatoms. The summed E-state index contributed by atoms with van der Waals surface area (Å²) >= 11 is 0. The molecule has 9 rings (SSSR count). The van der Waals surface area contributed by atoms with E-state index in [0.717, 1.165) is 12.8 Å². The van der Waals surface area contributed by atoms with Crippen LogP contribution in [0.25, 0.3) is 43.8 Å². The Kier molecular flexibility index (Phi) is 8.67. The van der Waals surface area contributed by atoms with Crippen LogP contribution >= 0.6 is 0 Å². The van der Waals surface area contributed by atoms with Crippen LogP contribution in [-0.2, 0) is 12.8 Å². The lowest BCUT2D eigenvalue weighted by Crippen LogP contribution is -2.51. The van der Waals surface area contributed by atoms with Crippen LogP contribution in [0.3, 0.4) is 0 Å². The number of nitrogens with zero attached hydrogens (tertiary/aromatic N) is 2. The molecule has 2 aliphatic rings. The summed E-state index contributed by atoms with van der Waals surface area (Å²) in [4.78, 5) is 5.44. The van der Waals surface area contributed by atoms with Crippen molar-refractivity contribution in [3.05, 3.63) is 157 Å². The van der Waals surface area contributed by atoms with Crippen LogP contribution in [0.15, 0.2) is 146 Å². The van der Waals surface area contributed by atoms with Crippen molar-refractivity contribution in [3.63, 3.8) is 0 Å². The number of hydrogen-bond donors (Lipinski definition) is 0. The van der Waals surface area contributed by atoms with Crippen LogP contribution in [0.1, 0.15) is 24.0 Å². The van der Waals surface area contributed by atoms with Crippen LogP contribution < -0.4 is 9.80 Å². The maximum Gasteiger partial charge on any atom is 0.0710 e.